The van der Waals surface area contributed by atoms with Crippen LogP contribution in [-0.2, 0) is 15.9 Å². The lowest BCUT2D eigenvalue weighted by atomic mass is 9.83. The standard InChI is InChI=1S/C18H19N3O3/c1-18-9-14-16(13(18)7-8-15(23-2)24-18)17(22)21(20-14)12-5-3-11(10-19)4-6-12/h3-6,13,15,20H,7-9H2,1-2H3/t13-,15+,18+/m1/s1. The normalized spacial score (nSPS) is 28.2. The van der Waals surface area contributed by atoms with Crippen LogP contribution in [0.5, 0.6) is 0 Å². The fourth-order valence-electron chi connectivity index (χ4n) is 4.04. The van der Waals surface area contributed by atoms with Crippen LogP contribution >= 0.6 is 0 Å². The van der Waals surface area contributed by atoms with Crippen molar-refractivity contribution in [1.29, 1.82) is 5.26 Å². The summed E-state index contributed by atoms with van der Waals surface area (Å²) in [7, 11) is 1.65. The number of nitrogens with zero attached hydrogens (tertiary/aromatic N) is 2. The van der Waals surface area contributed by atoms with Crippen LogP contribution in [-0.4, -0.2) is 28.8 Å². The lowest BCUT2D eigenvalue weighted by Gasteiger charge is -2.40. The zero-order valence-electron chi connectivity index (χ0n) is 13.7. The number of nitrogens with one attached hydrogen (secondary N) is 1. The highest BCUT2D eigenvalue weighted by molar-refractivity contribution is 5.42. The first-order valence-electron chi connectivity index (χ1n) is 8.10. The number of H-pyrrole nitrogens is 1. The van der Waals surface area contributed by atoms with Gasteiger partial charge in [0.25, 0.3) is 5.56 Å². The Labute approximate surface area is 139 Å². The van der Waals surface area contributed by atoms with E-state index in [4.69, 9.17) is 14.7 Å². The number of methoxy groups -OCH3 is 1. The van der Waals surface area contributed by atoms with E-state index in [-0.39, 0.29) is 23.4 Å². The first kappa shape index (κ1) is 15.2. The quantitative estimate of drug-likeness (QED) is 0.918. The van der Waals surface area contributed by atoms with Crippen LogP contribution in [0.25, 0.3) is 5.69 Å². The lowest BCUT2D eigenvalue weighted by Crippen LogP contribution is -2.44. The van der Waals surface area contributed by atoms with Crippen LogP contribution in [0.15, 0.2) is 29.1 Å². The molecule has 2 aromatic rings. The number of hydrogen-bond donors (Lipinski definition) is 1. The SMILES string of the molecule is CO[C@@H]1CC[C@@H]2c3c([nH]n(-c4ccc(C#N)cc4)c3=O)C[C@]2(C)O1. The summed E-state index contributed by atoms with van der Waals surface area (Å²) < 4.78 is 13.0. The summed E-state index contributed by atoms with van der Waals surface area (Å²) in [5, 5.41) is 12.1. The smallest absolute Gasteiger partial charge is 0.275 e. The number of rotatable bonds is 2. The zero-order chi connectivity index (χ0) is 16.9. The highest BCUT2D eigenvalue weighted by atomic mass is 16.7. The molecule has 0 radical (unpaired) electrons. The van der Waals surface area contributed by atoms with E-state index in [0.717, 1.165) is 29.8 Å². The van der Waals surface area contributed by atoms with Crippen LogP contribution in [0.1, 0.15) is 42.5 Å². The molecule has 24 heavy (non-hydrogen) atoms. The van der Waals surface area contributed by atoms with Gasteiger partial charge in [-0.3, -0.25) is 9.89 Å². The molecule has 0 saturated carbocycles. The molecule has 2 aliphatic rings. The molecule has 1 aliphatic heterocycles. The minimum Gasteiger partial charge on any atom is -0.356 e. The number of nitriles is 1. The topological polar surface area (TPSA) is 80.0 Å². The molecule has 2 heterocycles. The lowest BCUT2D eigenvalue weighted by molar-refractivity contribution is -0.223. The Bertz CT molecular complexity index is 874. The van der Waals surface area contributed by atoms with Gasteiger partial charge in [0, 0.05) is 30.7 Å². The number of ether oxygens (including phenoxy) is 2. The molecule has 1 aromatic carbocycles. The highest BCUT2D eigenvalue weighted by Crippen LogP contribution is 2.48. The fraction of sp³-hybridized carbons (Fsp3) is 0.444. The molecule has 3 atom stereocenters. The maximum Gasteiger partial charge on any atom is 0.275 e. The number of fused-ring (bicyclic) bond motifs is 3. The van der Waals surface area contributed by atoms with Gasteiger partial charge in [-0.15, -0.1) is 0 Å². The second-order valence-corrected chi connectivity index (χ2v) is 6.71. The van der Waals surface area contributed by atoms with E-state index >= 15 is 0 Å². The largest absolute Gasteiger partial charge is 0.356 e. The van der Waals surface area contributed by atoms with Gasteiger partial charge in [-0.05, 0) is 44.0 Å². The van der Waals surface area contributed by atoms with Crippen molar-refractivity contribution in [1.82, 2.24) is 9.78 Å². The summed E-state index contributed by atoms with van der Waals surface area (Å²) in [4.78, 5) is 12.9. The molecule has 0 spiro atoms. The summed E-state index contributed by atoms with van der Waals surface area (Å²) in [5.74, 6) is 0.0854. The van der Waals surface area contributed by atoms with E-state index in [2.05, 4.69) is 18.1 Å². The molecule has 6 nitrogen and oxygen atoms in total. The van der Waals surface area contributed by atoms with Gasteiger partial charge in [-0.1, -0.05) is 0 Å². The Kier molecular flexibility index (Phi) is 3.37. The number of hydrogen-bond acceptors (Lipinski definition) is 4. The van der Waals surface area contributed by atoms with Crippen molar-refractivity contribution in [3.05, 3.63) is 51.4 Å². The monoisotopic (exact) mass is 325 g/mol. The van der Waals surface area contributed by atoms with E-state index in [1.54, 1.807) is 36.1 Å². The van der Waals surface area contributed by atoms with Crippen molar-refractivity contribution >= 4 is 0 Å². The Balaban J connectivity index is 1.72. The van der Waals surface area contributed by atoms with Crippen LogP contribution in [0.2, 0.25) is 0 Å². The predicted molar refractivity (Wildman–Crippen MR) is 87.1 cm³/mol. The van der Waals surface area contributed by atoms with E-state index in [1.165, 1.54) is 0 Å². The third-order valence-electron chi connectivity index (χ3n) is 5.23. The fourth-order valence-corrected chi connectivity index (χ4v) is 4.04. The van der Waals surface area contributed by atoms with Crippen LogP contribution < -0.4 is 5.56 Å². The first-order valence-corrected chi connectivity index (χ1v) is 8.10. The van der Waals surface area contributed by atoms with Gasteiger partial charge in [0.15, 0.2) is 6.29 Å². The van der Waals surface area contributed by atoms with Gasteiger partial charge >= 0.3 is 0 Å². The molecule has 1 saturated heterocycles. The Morgan fingerprint density at radius 3 is 2.79 bits per heavy atom. The molecule has 1 fully saturated rings. The second kappa shape index (κ2) is 5.33. The summed E-state index contributed by atoms with van der Waals surface area (Å²) in [5.41, 5.74) is 2.67. The Hall–Kier alpha value is -2.36. The van der Waals surface area contributed by atoms with E-state index < -0.39 is 0 Å². The van der Waals surface area contributed by atoms with Gasteiger partial charge in [0.1, 0.15) is 0 Å². The third kappa shape index (κ3) is 2.13. The average Bonchev–Trinajstić information content (AvgIpc) is 3.06. The van der Waals surface area contributed by atoms with Crippen molar-refractivity contribution in [2.24, 2.45) is 0 Å². The van der Waals surface area contributed by atoms with Gasteiger partial charge in [0.05, 0.1) is 22.9 Å². The summed E-state index contributed by atoms with van der Waals surface area (Å²) >= 11 is 0. The molecule has 0 amide bonds. The molecule has 124 valence electrons. The van der Waals surface area contributed by atoms with E-state index in [9.17, 15) is 4.79 Å². The van der Waals surface area contributed by atoms with Crippen LogP contribution in [0, 0.1) is 11.3 Å². The van der Waals surface area contributed by atoms with Gasteiger partial charge in [-0.25, -0.2) is 4.68 Å². The molecule has 0 bridgehead atoms. The van der Waals surface area contributed by atoms with Crippen LogP contribution in [0.4, 0.5) is 0 Å². The van der Waals surface area contributed by atoms with Crippen molar-refractivity contribution in [2.75, 3.05) is 7.11 Å². The molecule has 1 aliphatic carbocycles. The summed E-state index contributed by atoms with van der Waals surface area (Å²) in [6.45, 7) is 2.06. The Morgan fingerprint density at radius 2 is 2.12 bits per heavy atom. The van der Waals surface area contributed by atoms with Crippen molar-refractivity contribution in [3.8, 4) is 11.8 Å². The molecule has 6 heteroatoms. The average molecular weight is 325 g/mol. The molecular weight excluding hydrogens is 306 g/mol. The van der Waals surface area contributed by atoms with Crippen molar-refractivity contribution in [2.45, 2.75) is 44.0 Å². The van der Waals surface area contributed by atoms with E-state index in [1.807, 2.05) is 0 Å². The van der Waals surface area contributed by atoms with E-state index in [0.29, 0.717) is 12.0 Å². The number of benzene rings is 1. The molecule has 1 aromatic heterocycles. The van der Waals surface area contributed by atoms with Gasteiger partial charge in [0.2, 0.25) is 0 Å². The minimum atomic E-state index is -0.386. The summed E-state index contributed by atoms with van der Waals surface area (Å²) in [6.07, 6.45) is 2.14. The third-order valence-corrected chi connectivity index (χ3v) is 5.23. The molecular formula is C18H19N3O3. The first-order chi connectivity index (χ1) is 11.6. The van der Waals surface area contributed by atoms with Crippen molar-refractivity contribution in [3.63, 3.8) is 0 Å². The maximum absolute atomic E-state index is 12.9. The second-order valence-electron chi connectivity index (χ2n) is 6.71. The molecule has 0 unspecified atom stereocenters. The molecule has 4 rings (SSSR count). The van der Waals surface area contributed by atoms with Crippen molar-refractivity contribution < 1.29 is 9.47 Å². The molecule has 1 N–H and O–H groups in total. The highest BCUT2D eigenvalue weighted by Gasteiger charge is 2.50. The van der Waals surface area contributed by atoms with Gasteiger partial charge < -0.3 is 9.47 Å². The Morgan fingerprint density at radius 1 is 1.38 bits per heavy atom. The zero-order valence-corrected chi connectivity index (χ0v) is 13.7. The minimum absolute atomic E-state index is 0.0251. The van der Waals surface area contributed by atoms with Gasteiger partial charge in [-0.2, -0.15) is 5.26 Å². The number of aromatic amines is 1. The van der Waals surface area contributed by atoms with Crippen LogP contribution in [0.3, 0.4) is 0 Å². The maximum atomic E-state index is 12.9. The summed E-state index contributed by atoms with van der Waals surface area (Å²) in [6, 6.07) is 9.07. The predicted octanol–water partition coefficient (Wildman–Crippen LogP) is 2.22. The number of aromatic nitrogens is 2.